The number of rotatable bonds is 7. The number of carbonyl (C=O) groups is 2. The smallest absolute Gasteiger partial charge is 0.282 e. The van der Waals surface area contributed by atoms with E-state index in [1.807, 2.05) is 4.90 Å². The second-order valence-electron chi connectivity index (χ2n) is 10.1. The summed E-state index contributed by atoms with van der Waals surface area (Å²) in [6.45, 7) is -0.138. The molecule has 0 bridgehead atoms. The molecule has 0 unspecified atom stereocenters. The van der Waals surface area contributed by atoms with Crippen molar-refractivity contribution in [2.24, 2.45) is 12.8 Å². The lowest BCUT2D eigenvalue weighted by Crippen LogP contribution is -2.58. The molecule has 0 saturated carbocycles. The zero-order valence-corrected chi connectivity index (χ0v) is 22.4. The Hall–Kier alpha value is -5.14. The van der Waals surface area contributed by atoms with Gasteiger partial charge in [0.1, 0.15) is 17.1 Å². The highest BCUT2D eigenvalue weighted by atomic mass is 19.3. The monoisotopic (exact) mass is 578 g/mol. The van der Waals surface area contributed by atoms with Crippen LogP contribution in [0.15, 0.2) is 54.9 Å². The van der Waals surface area contributed by atoms with Gasteiger partial charge in [-0.25, -0.2) is 23.1 Å². The molecule has 2 aliphatic heterocycles. The topological polar surface area (TPSA) is 132 Å². The third-order valence-corrected chi connectivity index (χ3v) is 7.16. The zero-order valence-electron chi connectivity index (χ0n) is 22.4. The van der Waals surface area contributed by atoms with Crippen LogP contribution < -0.4 is 20.7 Å². The fraction of sp³-hybridized carbons (Fsp3) is 0.250. The molecule has 1 saturated heterocycles. The second-order valence-corrected chi connectivity index (χ2v) is 10.1. The lowest BCUT2D eigenvalue weighted by molar-refractivity contribution is -0.113. The Bertz CT molecular complexity index is 1700. The Balaban J connectivity index is 1.15. The molecule has 1 fully saturated rings. The van der Waals surface area contributed by atoms with Gasteiger partial charge < -0.3 is 30.2 Å². The van der Waals surface area contributed by atoms with Crippen molar-refractivity contribution in [1.29, 1.82) is 0 Å². The maximum atomic E-state index is 14.9. The van der Waals surface area contributed by atoms with E-state index in [0.717, 1.165) is 16.2 Å². The van der Waals surface area contributed by atoms with Crippen LogP contribution in [0.5, 0.6) is 11.6 Å². The van der Waals surface area contributed by atoms with Crippen LogP contribution in [0.25, 0.3) is 0 Å². The van der Waals surface area contributed by atoms with Gasteiger partial charge >= 0.3 is 0 Å². The van der Waals surface area contributed by atoms with Gasteiger partial charge in [0.25, 0.3) is 17.7 Å². The first-order valence-corrected chi connectivity index (χ1v) is 13.0. The number of nitrogens with zero attached hydrogens (tertiary/aromatic N) is 6. The lowest BCUT2D eigenvalue weighted by Gasteiger charge is -2.38. The van der Waals surface area contributed by atoms with Gasteiger partial charge in [-0.1, -0.05) is 0 Å². The van der Waals surface area contributed by atoms with E-state index >= 15 is 0 Å². The maximum Gasteiger partial charge on any atom is 0.282 e. The zero-order chi connectivity index (χ0) is 29.6. The number of anilines is 3. The molecular weight excluding hydrogens is 553 g/mol. The van der Waals surface area contributed by atoms with Crippen LogP contribution in [-0.2, 0) is 20.0 Å². The van der Waals surface area contributed by atoms with Crippen molar-refractivity contribution < 1.29 is 27.5 Å². The Kier molecular flexibility index (Phi) is 6.67. The molecule has 3 N–H and O–H groups in total. The quantitative estimate of drug-likeness (QED) is 0.340. The van der Waals surface area contributed by atoms with E-state index in [4.69, 9.17) is 10.5 Å². The van der Waals surface area contributed by atoms with Gasteiger partial charge in [-0.2, -0.15) is 4.98 Å². The Morgan fingerprint density at radius 3 is 2.64 bits per heavy atom. The number of fused-ring (bicyclic) bond motifs is 1. The van der Waals surface area contributed by atoms with Crippen LogP contribution in [0.3, 0.4) is 0 Å². The Morgan fingerprint density at radius 2 is 1.90 bits per heavy atom. The number of likely N-dealkylation sites (tertiary alicyclic amines) is 1. The molecule has 14 heteroatoms. The molecule has 0 aliphatic carbocycles. The second kappa shape index (κ2) is 10.4. The summed E-state index contributed by atoms with van der Waals surface area (Å²) in [7, 11) is 1.75. The number of benzene rings is 1. The van der Waals surface area contributed by atoms with E-state index in [0.29, 0.717) is 42.7 Å². The molecule has 0 radical (unpaired) electrons. The van der Waals surface area contributed by atoms with E-state index in [-0.39, 0.29) is 17.2 Å². The van der Waals surface area contributed by atoms with E-state index in [9.17, 15) is 22.8 Å². The Labute approximate surface area is 237 Å². The average molecular weight is 579 g/mol. The van der Waals surface area contributed by atoms with Crippen LogP contribution in [0, 0.1) is 5.82 Å². The number of carbonyl (C=O) groups excluding carboxylic acids is 2. The van der Waals surface area contributed by atoms with E-state index in [2.05, 4.69) is 20.3 Å². The first kappa shape index (κ1) is 27.1. The summed E-state index contributed by atoms with van der Waals surface area (Å²) in [5.41, 5.74) is 7.98. The SMILES string of the molecule is Cn1c(C(=O)N2CC(F)(F)C2)cc2c1CN(c1nccc(Nc3ccc(Oc4ncccc4C(N)=O)c(F)c3)n1)CC2. The molecule has 42 heavy (non-hydrogen) atoms. The molecule has 11 nitrogen and oxygen atoms in total. The van der Waals surface area contributed by atoms with E-state index in [1.165, 1.54) is 30.5 Å². The van der Waals surface area contributed by atoms with Crippen molar-refractivity contribution in [2.45, 2.75) is 18.9 Å². The summed E-state index contributed by atoms with van der Waals surface area (Å²) in [6, 6.07) is 10.5. The average Bonchev–Trinajstić information content (AvgIpc) is 3.28. The van der Waals surface area contributed by atoms with Gasteiger partial charge in [-0.05, 0) is 48.4 Å². The number of amides is 2. The molecule has 1 aromatic carbocycles. The number of nitrogens with one attached hydrogen (secondary N) is 1. The normalized spacial score (nSPS) is 15.5. The van der Waals surface area contributed by atoms with Crippen LogP contribution in [-0.4, -0.2) is 61.8 Å². The molecule has 4 aromatic rings. The van der Waals surface area contributed by atoms with Crippen LogP contribution in [0.2, 0.25) is 0 Å². The summed E-state index contributed by atoms with van der Waals surface area (Å²) in [4.78, 5) is 40.4. The van der Waals surface area contributed by atoms with Crippen LogP contribution in [0.4, 0.5) is 30.6 Å². The highest BCUT2D eigenvalue weighted by Gasteiger charge is 2.47. The molecule has 216 valence electrons. The van der Waals surface area contributed by atoms with Crippen molar-refractivity contribution in [3.05, 3.63) is 83.2 Å². The first-order valence-electron chi connectivity index (χ1n) is 13.0. The third kappa shape index (κ3) is 5.18. The largest absolute Gasteiger partial charge is 0.435 e. The highest BCUT2D eigenvalue weighted by molar-refractivity contribution is 5.95. The fourth-order valence-corrected chi connectivity index (χ4v) is 4.98. The van der Waals surface area contributed by atoms with Crippen molar-refractivity contribution in [3.63, 3.8) is 0 Å². The van der Waals surface area contributed by atoms with Crippen molar-refractivity contribution in [1.82, 2.24) is 24.4 Å². The first-order chi connectivity index (χ1) is 20.1. The summed E-state index contributed by atoms with van der Waals surface area (Å²) in [5, 5.41) is 3.05. The van der Waals surface area contributed by atoms with Gasteiger partial charge in [0.2, 0.25) is 11.8 Å². The van der Waals surface area contributed by atoms with Gasteiger partial charge in [0, 0.05) is 43.4 Å². The fourth-order valence-electron chi connectivity index (χ4n) is 4.98. The minimum atomic E-state index is -2.83. The molecule has 0 atom stereocenters. The predicted molar refractivity (Wildman–Crippen MR) is 146 cm³/mol. The molecular formula is C28H25F3N8O3. The third-order valence-electron chi connectivity index (χ3n) is 7.16. The molecule has 5 heterocycles. The number of alkyl halides is 2. The van der Waals surface area contributed by atoms with E-state index in [1.54, 1.807) is 36.0 Å². The summed E-state index contributed by atoms with van der Waals surface area (Å²) < 4.78 is 48.7. The lowest BCUT2D eigenvalue weighted by atomic mass is 10.1. The minimum absolute atomic E-state index is 0.0245. The van der Waals surface area contributed by atoms with Gasteiger partial charge in [-0.3, -0.25) is 9.59 Å². The number of ether oxygens (including phenoxy) is 1. The number of halogens is 3. The number of primary amides is 1. The van der Waals surface area contributed by atoms with Crippen LogP contribution in [0.1, 0.15) is 32.1 Å². The number of pyridine rings is 1. The summed E-state index contributed by atoms with van der Waals surface area (Å²) in [5.74, 6) is -4.09. The number of aromatic nitrogens is 4. The van der Waals surface area contributed by atoms with Crippen molar-refractivity contribution >= 4 is 29.3 Å². The summed E-state index contributed by atoms with van der Waals surface area (Å²) in [6.07, 6.45) is 3.59. The summed E-state index contributed by atoms with van der Waals surface area (Å²) >= 11 is 0. The number of hydrogen-bond acceptors (Lipinski definition) is 8. The van der Waals surface area contributed by atoms with Gasteiger partial charge in [0.05, 0.1) is 19.6 Å². The molecule has 6 rings (SSSR count). The Morgan fingerprint density at radius 1 is 1.10 bits per heavy atom. The minimum Gasteiger partial charge on any atom is -0.435 e. The van der Waals surface area contributed by atoms with Crippen LogP contribution >= 0.6 is 0 Å². The molecule has 3 aromatic heterocycles. The number of nitrogens with two attached hydrogens (primary N) is 1. The van der Waals surface area contributed by atoms with Crippen molar-refractivity contribution in [3.8, 4) is 11.6 Å². The molecule has 2 aliphatic rings. The highest BCUT2D eigenvalue weighted by Crippen LogP contribution is 2.32. The van der Waals surface area contributed by atoms with E-state index < -0.39 is 36.6 Å². The molecule has 2 amide bonds. The van der Waals surface area contributed by atoms with Gasteiger partial charge in [-0.15, -0.1) is 0 Å². The maximum absolute atomic E-state index is 14.9. The standard InChI is InChI=1S/C28H25F3N8O3/c1-37-20(26(41)39-14-28(30,31)15-39)11-16-7-10-38(13-21(16)37)27-34-9-6-23(36-27)35-17-4-5-22(19(29)12-17)42-25-18(24(32)40)3-2-8-33-25/h2-6,8-9,11-12H,7,10,13-15H2,1H3,(H2,32,40)(H,34,35,36). The molecule has 0 spiro atoms. The predicted octanol–water partition coefficient (Wildman–Crippen LogP) is 3.64. The van der Waals surface area contributed by atoms with Crippen molar-refractivity contribution in [2.75, 3.05) is 29.9 Å². The van der Waals surface area contributed by atoms with Gasteiger partial charge in [0.15, 0.2) is 11.6 Å². The number of hydrogen-bond donors (Lipinski definition) is 2.